The second-order valence-corrected chi connectivity index (χ2v) is 5.48. The minimum atomic E-state index is -1.26. The molecule has 0 unspecified atom stereocenters. The highest BCUT2D eigenvalue weighted by molar-refractivity contribution is 8.00. The Labute approximate surface area is 124 Å². The number of hydrogen-bond donors (Lipinski definition) is 1. The summed E-state index contributed by atoms with van der Waals surface area (Å²) in [7, 11) is 0. The van der Waals surface area contributed by atoms with Gasteiger partial charge in [-0.2, -0.15) is 5.26 Å². The van der Waals surface area contributed by atoms with Crippen molar-refractivity contribution in [1.82, 2.24) is 9.97 Å². The van der Waals surface area contributed by atoms with Crippen molar-refractivity contribution < 1.29 is 9.90 Å². The summed E-state index contributed by atoms with van der Waals surface area (Å²) in [5.41, 5.74) is 0.143. The lowest BCUT2D eigenvalue weighted by atomic mass is 10.1. The van der Waals surface area contributed by atoms with Gasteiger partial charge in [0, 0.05) is 10.8 Å². The summed E-state index contributed by atoms with van der Waals surface area (Å²) in [6, 6.07) is 10.6. The maximum atomic E-state index is 11.9. The highest BCUT2D eigenvalue weighted by atomic mass is 32.2. The monoisotopic (exact) mass is 300 g/mol. The first-order chi connectivity index (χ1) is 10.0. The van der Waals surface area contributed by atoms with E-state index in [-0.39, 0.29) is 16.4 Å². The molecule has 0 aliphatic heterocycles. The van der Waals surface area contributed by atoms with Gasteiger partial charge in [0.2, 0.25) is 0 Å². The van der Waals surface area contributed by atoms with E-state index < -0.39 is 16.8 Å². The minimum Gasteiger partial charge on any atom is -0.549 e. The summed E-state index contributed by atoms with van der Waals surface area (Å²) < 4.78 is 0. The summed E-state index contributed by atoms with van der Waals surface area (Å²) in [4.78, 5) is 29.3. The number of rotatable bonds is 4. The number of nitrogens with one attached hydrogen (secondary N) is 1. The molecule has 0 spiro atoms. The minimum absolute atomic E-state index is 0.105. The second-order valence-electron chi connectivity index (χ2n) is 4.15. The summed E-state index contributed by atoms with van der Waals surface area (Å²) in [5, 5.41) is 19.1. The highest BCUT2D eigenvalue weighted by Crippen LogP contribution is 2.23. The molecule has 1 N–H and O–H groups in total. The Kier molecular flexibility index (Phi) is 4.40. The van der Waals surface area contributed by atoms with Crippen molar-refractivity contribution in [3.8, 4) is 17.3 Å². The zero-order valence-corrected chi connectivity index (χ0v) is 11.8. The molecule has 2 aromatic rings. The first kappa shape index (κ1) is 14.8. The number of benzene rings is 1. The van der Waals surface area contributed by atoms with Gasteiger partial charge in [-0.15, -0.1) is 0 Å². The van der Waals surface area contributed by atoms with E-state index >= 15 is 0 Å². The maximum absolute atomic E-state index is 11.9. The highest BCUT2D eigenvalue weighted by Gasteiger charge is 2.15. The van der Waals surface area contributed by atoms with Gasteiger partial charge in [-0.25, -0.2) is 4.98 Å². The Morgan fingerprint density at radius 1 is 1.43 bits per heavy atom. The fourth-order valence-corrected chi connectivity index (χ4v) is 2.36. The molecule has 0 radical (unpaired) electrons. The molecule has 2 rings (SSSR count). The van der Waals surface area contributed by atoms with Crippen molar-refractivity contribution in [2.45, 2.75) is 17.3 Å². The molecule has 7 heteroatoms. The lowest BCUT2D eigenvalue weighted by Crippen LogP contribution is -2.31. The summed E-state index contributed by atoms with van der Waals surface area (Å²) in [5.74, 6) is -1.26. The van der Waals surface area contributed by atoms with Gasteiger partial charge in [-0.1, -0.05) is 42.1 Å². The van der Waals surface area contributed by atoms with Crippen LogP contribution in [-0.2, 0) is 4.79 Å². The number of aromatic amines is 1. The van der Waals surface area contributed by atoms with Crippen LogP contribution in [0.2, 0.25) is 0 Å². The number of nitrogens with zero attached hydrogens (tertiary/aromatic N) is 2. The number of carboxylic acid groups (broad SMARTS) is 1. The molecule has 0 bridgehead atoms. The van der Waals surface area contributed by atoms with Gasteiger partial charge in [0.05, 0.1) is 11.7 Å². The fourth-order valence-electron chi connectivity index (χ4n) is 1.63. The number of carbonyl (C=O) groups is 1. The van der Waals surface area contributed by atoms with Crippen LogP contribution in [0.15, 0.2) is 40.3 Å². The van der Waals surface area contributed by atoms with Crippen LogP contribution in [-0.4, -0.2) is 21.2 Å². The molecule has 1 atom stereocenters. The first-order valence-corrected chi connectivity index (χ1v) is 6.88. The van der Waals surface area contributed by atoms with Crippen LogP contribution >= 0.6 is 11.8 Å². The predicted octanol–water partition coefficient (Wildman–Crippen LogP) is 0.539. The number of thioether (sulfide) groups is 1. The number of carboxylic acids is 1. The van der Waals surface area contributed by atoms with E-state index in [0.29, 0.717) is 5.56 Å². The van der Waals surface area contributed by atoms with E-state index in [9.17, 15) is 14.7 Å². The lowest BCUT2D eigenvalue weighted by Gasteiger charge is -2.12. The van der Waals surface area contributed by atoms with E-state index in [0.717, 1.165) is 11.8 Å². The molecule has 0 aliphatic rings. The van der Waals surface area contributed by atoms with Gasteiger partial charge in [0.1, 0.15) is 11.6 Å². The molecule has 6 nitrogen and oxygen atoms in total. The zero-order chi connectivity index (χ0) is 15.4. The van der Waals surface area contributed by atoms with Crippen LogP contribution in [0.3, 0.4) is 0 Å². The molecule has 106 valence electrons. The van der Waals surface area contributed by atoms with E-state index in [1.807, 2.05) is 6.07 Å². The van der Waals surface area contributed by atoms with E-state index in [1.165, 1.54) is 6.92 Å². The second kappa shape index (κ2) is 6.24. The molecule has 0 aliphatic carbocycles. The molecule has 0 saturated heterocycles. The molecule has 21 heavy (non-hydrogen) atoms. The van der Waals surface area contributed by atoms with Gasteiger partial charge < -0.3 is 14.9 Å². The van der Waals surface area contributed by atoms with Crippen LogP contribution < -0.4 is 10.7 Å². The normalized spacial score (nSPS) is 11.6. The van der Waals surface area contributed by atoms with Crippen LogP contribution in [0, 0.1) is 11.3 Å². The van der Waals surface area contributed by atoms with Crippen LogP contribution in [0.5, 0.6) is 0 Å². The quantitative estimate of drug-likeness (QED) is 0.652. The number of aromatic nitrogens is 2. The van der Waals surface area contributed by atoms with Crippen molar-refractivity contribution in [2.75, 3.05) is 0 Å². The topological polar surface area (TPSA) is 110 Å². The summed E-state index contributed by atoms with van der Waals surface area (Å²) >= 11 is 0.856. The number of nitriles is 1. The van der Waals surface area contributed by atoms with Gasteiger partial charge >= 0.3 is 0 Å². The van der Waals surface area contributed by atoms with E-state index in [4.69, 9.17) is 5.26 Å². The van der Waals surface area contributed by atoms with Gasteiger partial charge in [0.15, 0.2) is 5.16 Å². The fraction of sp³-hybridized carbons (Fsp3) is 0.143. The van der Waals surface area contributed by atoms with Crippen molar-refractivity contribution in [2.24, 2.45) is 0 Å². The molecular formula is C14H10N3O3S-. The average molecular weight is 300 g/mol. The predicted molar refractivity (Wildman–Crippen MR) is 75.3 cm³/mol. The SMILES string of the molecule is C[C@@H](Sc1nc(-c2ccccc2)c(C#N)c(=O)[nH]1)C(=O)[O-]. The van der Waals surface area contributed by atoms with Crippen molar-refractivity contribution in [1.29, 1.82) is 5.26 Å². The molecule has 0 amide bonds. The zero-order valence-electron chi connectivity index (χ0n) is 11.0. The first-order valence-electron chi connectivity index (χ1n) is 6.00. The molecule has 0 fully saturated rings. The molecule has 1 aromatic heterocycles. The number of aliphatic carboxylic acids is 1. The number of carbonyl (C=O) groups excluding carboxylic acids is 1. The Hall–Kier alpha value is -2.59. The van der Waals surface area contributed by atoms with E-state index in [2.05, 4.69) is 9.97 Å². The third-order valence-corrected chi connectivity index (χ3v) is 3.64. The van der Waals surface area contributed by atoms with Crippen LogP contribution in [0.25, 0.3) is 11.3 Å². The Bertz CT molecular complexity index is 765. The largest absolute Gasteiger partial charge is 0.549 e. The third kappa shape index (κ3) is 3.30. The number of H-pyrrole nitrogens is 1. The van der Waals surface area contributed by atoms with Crippen LogP contribution in [0.1, 0.15) is 12.5 Å². The molecule has 0 saturated carbocycles. The molecule has 1 heterocycles. The Morgan fingerprint density at radius 3 is 2.67 bits per heavy atom. The van der Waals surface area contributed by atoms with Crippen molar-refractivity contribution in [3.63, 3.8) is 0 Å². The smallest absolute Gasteiger partial charge is 0.270 e. The standard InChI is InChI=1S/C14H11N3O3S/c1-8(13(19)20)21-14-16-11(9-5-3-2-4-6-9)10(7-15)12(18)17-14/h2-6,8H,1H3,(H,19,20)(H,16,17,18)/p-1/t8-/m1/s1. The van der Waals surface area contributed by atoms with Gasteiger partial charge in [0.25, 0.3) is 5.56 Å². The number of hydrogen-bond acceptors (Lipinski definition) is 6. The maximum Gasteiger partial charge on any atom is 0.270 e. The summed E-state index contributed by atoms with van der Waals surface area (Å²) in [6.07, 6.45) is 0. The summed E-state index contributed by atoms with van der Waals surface area (Å²) in [6.45, 7) is 1.43. The lowest BCUT2D eigenvalue weighted by molar-refractivity contribution is -0.304. The molecular weight excluding hydrogens is 290 g/mol. The Balaban J connectivity index is 2.54. The average Bonchev–Trinajstić information content (AvgIpc) is 2.47. The van der Waals surface area contributed by atoms with Gasteiger partial charge in [-0.05, 0) is 6.92 Å². The van der Waals surface area contributed by atoms with Crippen LogP contribution in [0.4, 0.5) is 0 Å². The Morgan fingerprint density at radius 2 is 2.10 bits per heavy atom. The third-order valence-electron chi connectivity index (χ3n) is 2.68. The van der Waals surface area contributed by atoms with Crippen molar-refractivity contribution >= 4 is 17.7 Å². The van der Waals surface area contributed by atoms with Gasteiger partial charge in [-0.3, -0.25) is 4.79 Å². The van der Waals surface area contributed by atoms with Crippen molar-refractivity contribution in [3.05, 3.63) is 46.2 Å². The van der Waals surface area contributed by atoms with E-state index in [1.54, 1.807) is 30.3 Å². The molecule has 1 aromatic carbocycles.